The Bertz CT molecular complexity index is 1380. The summed E-state index contributed by atoms with van der Waals surface area (Å²) in [6, 6.07) is 29.2. The SMILES string of the molecule is COc1ccc([C@@H]2Oc3ccccc3[C@@H]3CC(c4ccc5ccccc5c4)=NN32)cc1OC. The molecule has 0 saturated carbocycles. The summed E-state index contributed by atoms with van der Waals surface area (Å²) in [6.07, 6.45) is 0.463. The van der Waals surface area contributed by atoms with Crippen LogP contribution in [-0.4, -0.2) is 24.9 Å². The maximum absolute atomic E-state index is 6.48. The van der Waals surface area contributed by atoms with Gasteiger partial charge in [-0.15, -0.1) is 0 Å². The van der Waals surface area contributed by atoms with Crippen molar-refractivity contribution < 1.29 is 14.2 Å². The predicted molar refractivity (Wildman–Crippen MR) is 129 cm³/mol. The number of hydrazone groups is 1. The van der Waals surface area contributed by atoms with Gasteiger partial charge in [-0.1, -0.05) is 54.6 Å². The van der Waals surface area contributed by atoms with Crippen LogP contribution in [0.3, 0.4) is 0 Å². The third kappa shape index (κ3) is 3.28. The summed E-state index contributed by atoms with van der Waals surface area (Å²) in [7, 11) is 3.29. The van der Waals surface area contributed by atoms with E-state index in [0.717, 1.165) is 34.6 Å². The van der Waals surface area contributed by atoms with E-state index >= 15 is 0 Å². The molecule has 6 rings (SSSR count). The number of para-hydroxylation sites is 1. The summed E-state index contributed by atoms with van der Waals surface area (Å²) in [6.45, 7) is 0. The third-order valence-electron chi connectivity index (χ3n) is 6.47. The van der Waals surface area contributed by atoms with Gasteiger partial charge in [0.1, 0.15) is 5.75 Å². The summed E-state index contributed by atoms with van der Waals surface area (Å²) in [5.74, 6) is 2.26. The highest BCUT2D eigenvalue weighted by molar-refractivity contribution is 6.04. The summed E-state index contributed by atoms with van der Waals surface area (Å²) >= 11 is 0. The highest BCUT2D eigenvalue weighted by atomic mass is 16.5. The molecule has 2 aliphatic heterocycles. The van der Waals surface area contributed by atoms with Crippen LogP contribution in [0.4, 0.5) is 0 Å². The molecule has 0 bridgehead atoms. The average molecular weight is 437 g/mol. The second-order valence-corrected chi connectivity index (χ2v) is 8.33. The number of ether oxygens (including phenoxy) is 3. The minimum atomic E-state index is -0.359. The highest BCUT2D eigenvalue weighted by Gasteiger charge is 2.41. The number of hydrogen-bond donors (Lipinski definition) is 0. The first-order valence-corrected chi connectivity index (χ1v) is 11.1. The Morgan fingerprint density at radius 3 is 2.45 bits per heavy atom. The average Bonchev–Trinajstić information content (AvgIpc) is 3.33. The van der Waals surface area contributed by atoms with E-state index in [1.807, 2.05) is 30.3 Å². The molecule has 0 spiro atoms. The maximum atomic E-state index is 6.48. The standard InChI is InChI=1S/C28H24N2O3/c1-31-26-14-13-21(16-27(26)32-2)28-30-24(22-9-5-6-10-25(22)33-28)17-23(29-30)20-12-11-18-7-3-4-8-19(18)15-20/h3-16,24,28H,17H2,1-2H3/t24-,28-/m0/s1. The van der Waals surface area contributed by atoms with E-state index < -0.39 is 0 Å². The van der Waals surface area contributed by atoms with E-state index in [1.165, 1.54) is 10.8 Å². The largest absolute Gasteiger partial charge is 0.493 e. The quantitative estimate of drug-likeness (QED) is 0.388. The molecular weight excluding hydrogens is 412 g/mol. The van der Waals surface area contributed by atoms with Gasteiger partial charge in [-0.05, 0) is 46.7 Å². The van der Waals surface area contributed by atoms with E-state index in [9.17, 15) is 0 Å². The van der Waals surface area contributed by atoms with Gasteiger partial charge in [0, 0.05) is 17.5 Å². The number of fused-ring (bicyclic) bond motifs is 4. The second-order valence-electron chi connectivity index (χ2n) is 8.33. The van der Waals surface area contributed by atoms with Gasteiger partial charge < -0.3 is 14.2 Å². The van der Waals surface area contributed by atoms with E-state index in [1.54, 1.807) is 14.2 Å². The van der Waals surface area contributed by atoms with Crippen LogP contribution in [0.2, 0.25) is 0 Å². The molecule has 0 saturated heterocycles. The lowest BCUT2D eigenvalue weighted by molar-refractivity contribution is -0.0191. The van der Waals surface area contributed by atoms with Crippen LogP contribution in [0.15, 0.2) is 90.0 Å². The van der Waals surface area contributed by atoms with Gasteiger partial charge in [-0.25, -0.2) is 5.01 Å². The smallest absolute Gasteiger partial charge is 0.214 e. The molecule has 0 amide bonds. The summed E-state index contributed by atoms with van der Waals surface area (Å²) in [5.41, 5.74) is 4.34. The summed E-state index contributed by atoms with van der Waals surface area (Å²) < 4.78 is 17.5. The lowest BCUT2D eigenvalue weighted by Gasteiger charge is -2.38. The molecule has 4 aromatic rings. The first kappa shape index (κ1) is 19.7. The van der Waals surface area contributed by atoms with E-state index in [0.29, 0.717) is 11.5 Å². The Labute approximate surface area is 192 Å². The maximum Gasteiger partial charge on any atom is 0.214 e. The van der Waals surface area contributed by atoms with E-state index in [4.69, 9.17) is 19.3 Å². The lowest BCUT2D eigenvalue weighted by atomic mass is 9.95. The molecule has 164 valence electrons. The molecule has 0 unspecified atom stereocenters. The third-order valence-corrected chi connectivity index (χ3v) is 6.47. The predicted octanol–water partition coefficient (Wildman–Crippen LogP) is 6.10. The van der Waals surface area contributed by atoms with Crippen LogP contribution in [0.1, 0.15) is 35.4 Å². The summed E-state index contributed by atoms with van der Waals surface area (Å²) in [4.78, 5) is 0. The van der Waals surface area contributed by atoms with Crippen LogP contribution >= 0.6 is 0 Å². The molecule has 2 heterocycles. The van der Waals surface area contributed by atoms with Crippen molar-refractivity contribution in [3.8, 4) is 17.2 Å². The van der Waals surface area contributed by atoms with Gasteiger partial charge >= 0.3 is 0 Å². The fraction of sp³-hybridized carbons (Fsp3) is 0.179. The second kappa shape index (κ2) is 7.85. The first-order chi connectivity index (χ1) is 16.2. The fourth-order valence-corrected chi connectivity index (χ4v) is 4.80. The van der Waals surface area contributed by atoms with Crippen molar-refractivity contribution in [3.63, 3.8) is 0 Å². The zero-order chi connectivity index (χ0) is 22.4. The van der Waals surface area contributed by atoms with Gasteiger partial charge in [-0.3, -0.25) is 0 Å². The minimum Gasteiger partial charge on any atom is -0.493 e. The first-order valence-electron chi connectivity index (χ1n) is 11.1. The Kier molecular flexibility index (Phi) is 4.68. The monoisotopic (exact) mass is 436 g/mol. The van der Waals surface area contributed by atoms with Gasteiger partial charge in [-0.2, -0.15) is 5.10 Å². The summed E-state index contributed by atoms with van der Waals surface area (Å²) in [5, 5.41) is 9.64. The number of benzene rings is 4. The molecule has 0 aliphatic carbocycles. The van der Waals surface area contributed by atoms with Crippen molar-refractivity contribution >= 4 is 16.5 Å². The normalized spacial score (nSPS) is 18.8. The van der Waals surface area contributed by atoms with Crippen LogP contribution in [-0.2, 0) is 0 Å². The van der Waals surface area contributed by atoms with Gasteiger partial charge in [0.2, 0.25) is 6.23 Å². The van der Waals surface area contributed by atoms with Crippen molar-refractivity contribution in [3.05, 3.63) is 102 Å². The van der Waals surface area contributed by atoms with Crippen LogP contribution in [0.25, 0.3) is 10.8 Å². The molecule has 0 N–H and O–H groups in total. The van der Waals surface area contributed by atoms with Gasteiger partial charge in [0.05, 0.1) is 26.0 Å². The molecule has 0 radical (unpaired) electrons. The van der Waals surface area contributed by atoms with Crippen molar-refractivity contribution in [1.82, 2.24) is 5.01 Å². The van der Waals surface area contributed by atoms with Crippen molar-refractivity contribution in [1.29, 1.82) is 0 Å². The van der Waals surface area contributed by atoms with Crippen molar-refractivity contribution in [2.45, 2.75) is 18.7 Å². The molecule has 5 heteroatoms. The number of rotatable bonds is 4. The molecule has 0 fully saturated rings. The molecule has 4 aromatic carbocycles. The van der Waals surface area contributed by atoms with Gasteiger partial charge in [0.25, 0.3) is 0 Å². The molecule has 0 aromatic heterocycles. The Balaban J connectivity index is 1.44. The topological polar surface area (TPSA) is 43.3 Å². The molecule has 5 nitrogen and oxygen atoms in total. The van der Waals surface area contributed by atoms with Crippen molar-refractivity contribution in [2.24, 2.45) is 5.10 Å². The Morgan fingerprint density at radius 2 is 1.61 bits per heavy atom. The fourth-order valence-electron chi connectivity index (χ4n) is 4.80. The molecule has 2 atom stereocenters. The van der Waals surface area contributed by atoms with Gasteiger partial charge in [0.15, 0.2) is 11.5 Å². The molecular formula is C28H24N2O3. The van der Waals surface area contributed by atoms with Crippen LogP contribution in [0, 0.1) is 0 Å². The Morgan fingerprint density at radius 1 is 0.818 bits per heavy atom. The zero-order valence-electron chi connectivity index (χ0n) is 18.6. The zero-order valence-corrected chi connectivity index (χ0v) is 18.6. The van der Waals surface area contributed by atoms with Crippen molar-refractivity contribution in [2.75, 3.05) is 14.2 Å². The van der Waals surface area contributed by atoms with Crippen LogP contribution in [0.5, 0.6) is 17.2 Å². The number of methoxy groups -OCH3 is 2. The molecule has 2 aliphatic rings. The van der Waals surface area contributed by atoms with Crippen LogP contribution < -0.4 is 14.2 Å². The molecule has 33 heavy (non-hydrogen) atoms. The lowest BCUT2D eigenvalue weighted by Crippen LogP contribution is -2.33. The highest BCUT2D eigenvalue weighted by Crippen LogP contribution is 2.48. The number of hydrogen-bond acceptors (Lipinski definition) is 5. The van der Waals surface area contributed by atoms with E-state index in [2.05, 4.69) is 59.6 Å². The Hall–Kier alpha value is -3.99. The van der Waals surface area contributed by atoms with E-state index in [-0.39, 0.29) is 12.3 Å². The minimum absolute atomic E-state index is 0.106. The number of nitrogens with zero attached hydrogens (tertiary/aromatic N) is 2.